The third-order valence-electron chi connectivity index (χ3n) is 1.26. The van der Waals surface area contributed by atoms with Crippen molar-refractivity contribution >= 4 is 24.3 Å². The minimum Gasteiger partial charge on any atom is -0.267 e. The van der Waals surface area contributed by atoms with Crippen LogP contribution >= 0.6 is 0 Å². The summed E-state index contributed by atoms with van der Waals surface area (Å²) in [6, 6.07) is 0. The number of fused-ring (bicyclic) bond motifs is 1. The molecule has 2 aliphatic heterocycles. The number of carbonyl (C=O) groups is 1. The Kier molecular flexibility index (Phi) is 0.887. The molecule has 0 aliphatic carbocycles. The Balaban J connectivity index is 2.54. The smallest absolute Gasteiger partial charge is 0.267 e. The van der Waals surface area contributed by atoms with E-state index in [-0.39, 0.29) is 5.91 Å². The molecular formula is C6H3N3O. The molecule has 2 heterocycles. The minimum atomic E-state index is -0.262. The first-order valence-corrected chi connectivity index (χ1v) is 2.77. The van der Waals surface area contributed by atoms with Gasteiger partial charge in [-0.2, -0.15) is 4.99 Å². The van der Waals surface area contributed by atoms with Crippen molar-refractivity contribution in [3.05, 3.63) is 11.6 Å². The lowest BCUT2D eigenvalue weighted by atomic mass is 10.2. The molecular weight excluding hydrogens is 130 g/mol. The molecule has 0 saturated heterocycles. The fraction of sp³-hybridized carbons (Fsp3) is 0. The normalized spacial score (nSPS) is 20.6. The van der Waals surface area contributed by atoms with Gasteiger partial charge in [-0.15, -0.1) is 0 Å². The van der Waals surface area contributed by atoms with E-state index in [2.05, 4.69) is 15.0 Å². The van der Waals surface area contributed by atoms with Gasteiger partial charge >= 0.3 is 0 Å². The van der Waals surface area contributed by atoms with Crippen molar-refractivity contribution in [2.75, 3.05) is 0 Å². The first kappa shape index (κ1) is 5.22. The Morgan fingerprint density at radius 3 is 3.00 bits per heavy atom. The van der Waals surface area contributed by atoms with E-state index in [0.717, 1.165) is 0 Å². The number of amides is 1. The molecule has 10 heavy (non-hydrogen) atoms. The summed E-state index contributed by atoms with van der Waals surface area (Å²) in [5.74, 6) is 0.211. The molecule has 4 nitrogen and oxygen atoms in total. The predicted molar refractivity (Wildman–Crippen MR) is 37.5 cm³/mol. The fourth-order valence-corrected chi connectivity index (χ4v) is 0.802. The highest BCUT2D eigenvalue weighted by Crippen LogP contribution is 2.09. The molecule has 0 spiro atoms. The van der Waals surface area contributed by atoms with Gasteiger partial charge in [0.15, 0.2) is 5.84 Å². The third-order valence-corrected chi connectivity index (χ3v) is 1.26. The zero-order valence-electron chi connectivity index (χ0n) is 4.98. The number of carbonyl (C=O) groups excluding carboxylic acids is 1. The van der Waals surface area contributed by atoms with Crippen molar-refractivity contribution in [1.29, 1.82) is 0 Å². The molecule has 1 amide bonds. The van der Waals surface area contributed by atoms with Gasteiger partial charge in [-0.25, -0.2) is 9.98 Å². The van der Waals surface area contributed by atoms with Crippen molar-refractivity contribution in [2.24, 2.45) is 15.0 Å². The van der Waals surface area contributed by atoms with Crippen LogP contribution in [0.2, 0.25) is 0 Å². The number of allylic oxidation sites excluding steroid dienone is 1. The van der Waals surface area contributed by atoms with Crippen molar-refractivity contribution in [2.45, 2.75) is 0 Å². The second kappa shape index (κ2) is 1.70. The molecule has 0 aromatic heterocycles. The molecule has 2 aliphatic rings. The highest BCUT2D eigenvalue weighted by Gasteiger charge is 2.19. The summed E-state index contributed by atoms with van der Waals surface area (Å²) in [7, 11) is 0. The van der Waals surface area contributed by atoms with Crippen LogP contribution in [0.5, 0.6) is 0 Å². The van der Waals surface area contributed by atoms with Gasteiger partial charge in [-0.05, 0) is 6.08 Å². The molecule has 0 bridgehead atoms. The minimum absolute atomic E-state index is 0.262. The number of amidine groups is 1. The maximum atomic E-state index is 10.8. The van der Waals surface area contributed by atoms with Crippen LogP contribution in [0.1, 0.15) is 0 Å². The standard InChI is InChI=1S/C6H3N3O/c10-6-4-1-2-7-5(4)8-3-9-6/h1-3H. The van der Waals surface area contributed by atoms with Gasteiger partial charge in [0.1, 0.15) is 6.34 Å². The molecule has 2 rings (SSSR count). The quantitative estimate of drug-likeness (QED) is 0.457. The Labute approximate surface area is 56.7 Å². The van der Waals surface area contributed by atoms with Gasteiger partial charge in [-0.1, -0.05) is 0 Å². The van der Waals surface area contributed by atoms with Crippen LogP contribution in [0.25, 0.3) is 0 Å². The second-order valence-electron chi connectivity index (χ2n) is 1.86. The van der Waals surface area contributed by atoms with Gasteiger partial charge in [0.05, 0.1) is 5.57 Å². The lowest BCUT2D eigenvalue weighted by Crippen LogP contribution is -2.10. The van der Waals surface area contributed by atoms with Crippen molar-refractivity contribution in [3.63, 3.8) is 0 Å². The van der Waals surface area contributed by atoms with Crippen molar-refractivity contribution in [3.8, 4) is 0 Å². The number of rotatable bonds is 0. The molecule has 0 atom stereocenters. The highest BCUT2D eigenvalue weighted by molar-refractivity contribution is 6.31. The molecule has 0 unspecified atom stereocenters. The van der Waals surface area contributed by atoms with Crippen LogP contribution < -0.4 is 0 Å². The zero-order valence-corrected chi connectivity index (χ0v) is 4.98. The third kappa shape index (κ3) is 0.556. The molecule has 48 valence electrons. The van der Waals surface area contributed by atoms with Crippen molar-refractivity contribution in [1.82, 2.24) is 0 Å². The highest BCUT2D eigenvalue weighted by atomic mass is 16.1. The van der Waals surface area contributed by atoms with E-state index < -0.39 is 0 Å². The fourth-order valence-electron chi connectivity index (χ4n) is 0.802. The van der Waals surface area contributed by atoms with Gasteiger partial charge in [0, 0.05) is 6.21 Å². The van der Waals surface area contributed by atoms with E-state index >= 15 is 0 Å². The average molecular weight is 133 g/mol. The maximum Gasteiger partial charge on any atom is 0.282 e. The van der Waals surface area contributed by atoms with Gasteiger partial charge in [0.2, 0.25) is 0 Å². The number of aliphatic imine (C=N–C) groups is 3. The van der Waals surface area contributed by atoms with E-state index in [9.17, 15) is 4.79 Å². The van der Waals surface area contributed by atoms with E-state index in [0.29, 0.717) is 11.4 Å². The average Bonchev–Trinajstić information content (AvgIpc) is 2.36. The maximum absolute atomic E-state index is 10.8. The number of nitrogens with zero attached hydrogens (tertiary/aromatic N) is 3. The summed E-state index contributed by atoms with van der Waals surface area (Å²) < 4.78 is 0. The SMILES string of the molecule is O=C1N=CN=C2N=CC=C12. The summed E-state index contributed by atoms with van der Waals surface area (Å²) in [6.45, 7) is 0. The van der Waals surface area contributed by atoms with Crippen LogP contribution in [0.3, 0.4) is 0 Å². The first-order valence-electron chi connectivity index (χ1n) is 2.77. The lowest BCUT2D eigenvalue weighted by Gasteiger charge is -1.98. The number of hydrogen-bond donors (Lipinski definition) is 0. The summed E-state index contributed by atoms with van der Waals surface area (Å²) in [4.78, 5) is 21.9. The Bertz CT molecular complexity index is 303. The second-order valence-corrected chi connectivity index (χ2v) is 1.86. The molecule has 0 fully saturated rings. The van der Waals surface area contributed by atoms with E-state index in [4.69, 9.17) is 0 Å². The Morgan fingerprint density at radius 1 is 1.30 bits per heavy atom. The van der Waals surface area contributed by atoms with Crippen LogP contribution in [-0.2, 0) is 4.79 Å². The lowest BCUT2D eigenvalue weighted by molar-refractivity contribution is -0.113. The van der Waals surface area contributed by atoms with Crippen LogP contribution in [0, 0.1) is 0 Å². The Morgan fingerprint density at radius 2 is 2.20 bits per heavy atom. The van der Waals surface area contributed by atoms with E-state index in [1.165, 1.54) is 6.34 Å². The van der Waals surface area contributed by atoms with E-state index in [1.807, 2.05) is 0 Å². The first-order chi connectivity index (χ1) is 4.88. The number of hydrogen-bond acceptors (Lipinski definition) is 3. The monoisotopic (exact) mass is 133 g/mol. The van der Waals surface area contributed by atoms with Crippen LogP contribution in [0.4, 0.5) is 0 Å². The van der Waals surface area contributed by atoms with Crippen LogP contribution in [-0.4, -0.2) is 24.3 Å². The van der Waals surface area contributed by atoms with Gasteiger partial charge in [0.25, 0.3) is 5.91 Å². The van der Waals surface area contributed by atoms with Gasteiger partial charge < -0.3 is 0 Å². The largest absolute Gasteiger partial charge is 0.282 e. The molecule has 0 N–H and O–H groups in total. The Hall–Kier alpha value is -1.58. The zero-order chi connectivity index (χ0) is 6.97. The van der Waals surface area contributed by atoms with E-state index in [1.54, 1.807) is 12.3 Å². The topological polar surface area (TPSA) is 54.1 Å². The summed E-state index contributed by atoms with van der Waals surface area (Å²) in [6.07, 6.45) is 4.37. The molecule has 0 aromatic carbocycles. The van der Waals surface area contributed by atoms with Gasteiger partial charge in [-0.3, -0.25) is 4.79 Å². The predicted octanol–water partition coefficient (Wildman–Crippen LogP) is -0.0358. The van der Waals surface area contributed by atoms with Crippen molar-refractivity contribution < 1.29 is 4.79 Å². The molecule has 4 heteroatoms. The molecule has 0 aromatic rings. The summed E-state index contributed by atoms with van der Waals surface area (Å²) in [5.41, 5.74) is 0.488. The molecule has 0 radical (unpaired) electrons. The molecule has 0 saturated carbocycles. The summed E-state index contributed by atoms with van der Waals surface area (Å²) >= 11 is 0. The van der Waals surface area contributed by atoms with Crippen LogP contribution in [0.15, 0.2) is 26.6 Å². The summed E-state index contributed by atoms with van der Waals surface area (Å²) in [5, 5.41) is 0.